The standard InChI is InChI=1S/C21H23N3O6/c1-13(30-24(27)28)4-5-14-7-9-18(25)23(12-14)19-16-10-15(11-22)6-8-17(16)29-21(2,3)20(19)26/h6-10,12-13,19-20,26H,4-5H2,1-3H3/t13?,19-,20+/m1/s1. The number of fused-ring (bicyclic) bond motifs is 1. The van der Waals surface area contributed by atoms with Gasteiger partial charge in [0.15, 0.2) is 0 Å². The van der Waals surface area contributed by atoms with Crippen molar-refractivity contribution < 1.29 is 19.8 Å². The molecular weight excluding hydrogens is 390 g/mol. The van der Waals surface area contributed by atoms with Gasteiger partial charge in [0, 0.05) is 17.8 Å². The van der Waals surface area contributed by atoms with Crippen LogP contribution in [0.4, 0.5) is 0 Å². The number of hydrogen-bond acceptors (Lipinski definition) is 7. The quantitative estimate of drug-likeness (QED) is 0.569. The lowest BCUT2D eigenvalue weighted by Crippen LogP contribution is -2.52. The van der Waals surface area contributed by atoms with Crippen molar-refractivity contribution in [2.24, 2.45) is 0 Å². The van der Waals surface area contributed by atoms with Gasteiger partial charge in [-0.05, 0) is 57.4 Å². The van der Waals surface area contributed by atoms with E-state index in [0.717, 1.165) is 5.56 Å². The second-order valence-corrected chi connectivity index (χ2v) is 7.92. The monoisotopic (exact) mass is 413 g/mol. The average molecular weight is 413 g/mol. The number of nitrogens with zero attached hydrogens (tertiary/aromatic N) is 3. The molecular formula is C21H23N3O6. The number of pyridine rings is 1. The summed E-state index contributed by atoms with van der Waals surface area (Å²) in [6, 6.07) is 9.27. The molecule has 0 radical (unpaired) electrons. The fraction of sp³-hybridized carbons (Fsp3) is 0.429. The van der Waals surface area contributed by atoms with Crippen LogP contribution in [0.25, 0.3) is 0 Å². The van der Waals surface area contributed by atoms with E-state index < -0.39 is 28.9 Å². The van der Waals surface area contributed by atoms with E-state index in [1.54, 1.807) is 51.2 Å². The Morgan fingerprint density at radius 3 is 2.80 bits per heavy atom. The highest BCUT2D eigenvalue weighted by atomic mass is 17.0. The van der Waals surface area contributed by atoms with Gasteiger partial charge in [0.2, 0.25) is 0 Å². The number of benzene rings is 1. The minimum absolute atomic E-state index is 0.316. The molecule has 0 aliphatic carbocycles. The summed E-state index contributed by atoms with van der Waals surface area (Å²) < 4.78 is 7.35. The van der Waals surface area contributed by atoms with Gasteiger partial charge in [-0.2, -0.15) is 5.26 Å². The summed E-state index contributed by atoms with van der Waals surface area (Å²) >= 11 is 0. The third-order valence-corrected chi connectivity index (χ3v) is 5.25. The summed E-state index contributed by atoms with van der Waals surface area (Å²) in [6.07, 6.45) is 0.828. The van der Waals surface area contributed by atoms with Gasteiger partial charge < -0.3 is 19.2 Å². The van der Waals surface area contributed by atoms with E-state index in [1.807, 2.05) is 0 Å². The van der Waals surface area contributed by atoms with Crippen LogP contribution in [-0.4, -0.2) is 32.6 Å². The number of aryl methyl sites for hydroxylation is 1. The number of aliphatic hydroxyl groups is 1. The predicted molar refractivity (Wildman–Crippen MR) is 107 cm³/mol. The van der Waals surface area contributed by atoms with Crippen molar-refractivity contribution >= 4 is 0 Å². The van der Waals surface area contributed by atoms with Crippen LogP contribution in [0, 0.1) is 21.4 Å². The second kappa shape index (κ2) is 8.16. The Kier molecular flexibility index (Phi) is 5.80. The van der Waals surface area contributed by atoms with Crippen molar-refractivity contribution in [2.45, 2.75) is 57.5 Å². The molecule has 1 aliphatic heterocycles. The van der Waals surface area contributed by atoms with Crippen LogP contribution in [0.3, 0.4) is 0 Å². The average Bonchev–Trinajstić information content (AvgIpc) is 2.68. The number of hydrogen-bond donors (Lipinski definition) is 1. The van der Waals surface area contributed by atoms with Crippen molar-refractivity contribution in [1.29, 1.82) is 5.26 Å². The third-order valence-electron chi connectivity index (χ3n) is 5.25. The topological polar surface area (TPSA) is 128 Å². The van der Waals surface area contributed by atoms with Gasteiger partial charge in [0.1, 0.15) is 23.6 Å². The number of aliphatic hydroxyl groups excluding tert-OH is 1. The zero-order valence-corrected chi connectivity index (χ0v) is 16.9. The molecule has 2 aromatic rings. The molecule has 2 heterocycles. The highest BCUT2D eigenvalue weighted by Crippen LogP contribution is 2.41. The number of nitriles is 1. The first-order valence-corrected chi connectivity index (χ1v) is 9.55. The maximum Gasteiger partial charge on any atom is 0.294 e. The summed E-state index contributed by atoms with van der Waals surface area (Å²) in [6.45, 7) is 5.07. The van der Waals surface area contributed by atoms with Crippen molar-refractivity contribution in [3.05, 3.63) is 73.7 Å². The highest BCUT2D eigenvalue weighted by molar-refractivity contribution is 5.46. The molecule has 1 N–H and O–H groups in total. The Labute approximate surface area is 173 Å². The van der Waals surface area contributed by atoms with Gasteiger partial charge in [-0.3, -0.25) is 4.79 Å². The number of ether oxygens (including phenoxy) is 1. The predicted octanol–water partition coefficient (Wildman–Crippen LogP) is 2.37. The summed E-state index contributed by atoms with van der Waals surface area (Å²) in [4.78, 5) is 27.7. The van der Waals surface area contributed by atoms with Crippen LogP contribution < -0.4 is 10.3 Å². The smallest absolute Gasteiger partial charge is 0.294 e. The molecule has 158 valence electrons. The van der Waals surface area contributed by atoms with E-state index in [2.05, 4.69) is 10.9 Å². The molecule has 0 amide bonds. The molecule has 0 bridgehead atoms. The lowest BCUT2D eigenvalue weighted by Gasteiger charge is -2.42. The Morgan fingerprint density at radius 2 is 2.13 bits per heavy atom. The van der Waals surface area contributed by atoms with E-state index in [4.69, 9.17) is 4.74 Å². The second-order valence-electron chi connectivity index (χ2n) is 7.92. The molecule has 3 rings (SSSR count). The Balaban J connectivity index is 2.01. The van der Waals surface area contributed by atoms with Crippen molar-refractivity contribution in [3.63, 3.8) is 0 Å². The lowest BCUT2D eigenvalue weighted by atomic mass is 9.85. The summed E-state index contributed by atoms with van der Waals surface area (Å²) in [5.41, 5.74) is 0.427. The van der Waals surface area contributed by atoms with Crippen molar-refractivity contribution in [3.8, 4) is 11.8 Å². The van der Waals surface area contributed by atoms with Crippen LogP contribution in [0.15, 0.2) is 41.3 Å². The molecule has 0 fully saturated rings. The van der Waals surface area contributed by atoms with Gasteiger partial charge in [-0.1, -0.05) is 6.07 Å². The molecule has 0 saturated carbocycles. The lowest BCUT2D eigenvalue weighted by molar-refractivity contribution is -0.767. The number of rotatable bonds is 6. The molecule has 0 spiro atoms. The molecule has 9 nitrogen and oxygen atoms in total. The zero-order chi connectivity index (χ0) is 22.1. The molecule has 0 saturated heterocycles. The molecule has 1 aromatic heterocycles. The molecule has 1 unspecified atom stereocenters. The van der Waals surface area contributed by atoms with E-state index in [1.165, 1.54) is 10.6 Å². The molecule has 3 atom stereocenters. The minimum atomic E-state index is -1.05. The van der Waals surface area contributed by atoms with E-state index in [9.17, 15) is 25.3 Å². The Morgan fingerprint density at radius 1 is 1.40 bits per heavy atom. The Hall–Kier alpha value is -3.38. The Bertz CT molecular complexity index is 1060. The maximum atomic E-state index is 12.7. The maximum absolute atomic E-state index is 12.7. The molecule has 1 aromatic carbocycles. The van der Waals surface area contributed by atoms with E-state index >= 15 is 0 Å². The first-order valence-electron chi connectivity index (χ1n) is 9.55. The molecule has 30 heavy (non-hydrogen) atoms. The van der Waals surface area contributed by atoms with Gasteiger partial charge in [0.05, 0.1) is 17.7 Å². The van der Waals surface area contributed by atoms with Crippen LogP contribution >= 0.6 is 0 Å². The fourth-order valence-electron chi connectivity index (χ4n) is 3.62. The van der Waals surface area contributed by atoms with Crippen molar-refractivity contribution in [2.75, 3.05) is 0 Å². The third kappa shape index (κ3) is 4.28. The van der Waals surface area contributed by atoms with Crippen molar-refractivity contribution in [1.82, 2.24) is 4.57 Å². The zero-order valence-electron chi connectivity index (χ0n) is 16.9. The van der Waals surface area contributed by atoms with Gasteiger partial charge in [-0.25, -0.2) is 0 Å². The van der Waals surface area contributed by atoms with Crippen LogP contribution in [0.5, 0.6) is 5.75 Å². The van der Waals surface area contributed by atoms with E-state index in [-0.39, 0.29) is 5.56 Å². The van der Waals surface area contributed by atoms with Gasteiger partial charge in [-0.15, -0.1) is 10.1 Å². The minimum Gasteiger partial charge on any atom is -0.485 e. The largest absolute Gasteiger partial charge is 0.485 e. The number of aromatic nitrogens is 1. The normalized spacial score (nSPS) is 20.4. The van der Waals surface area contributed by atoms with Gasteiger partial charge >= 0.3 is 0 Å². The van der Waals surface area contributed by atoms with Crippen LogP contribution in [0.2, 0.25) is 0 Å². The fourth-order valence-corrected chi connectivity index (χ4v) is 3.62. The first-order chi connectivity index (χ1) is 14.1. The summed E-state index contributed by atoms with van der Waals surface area (Å²) in [5.74, 6) is 0.500. The summed E-state index contributed by atoms with van der Waals surface area (Å²) in [5, 5.41) is 29.9. The summed E-state index contributed by atoms with van der Waals surface area (Å²) in [7, 11) is 0. The molecule has 9 heteroatoms. The van der Waals surface area contributed by atoms with Crippen LogP contribution in [-0.2, 0) is 11.3 Å². The first kappa shape index (κ1) is 21.3. The highest BCUT2D eigenvalue weighted by Gasteiger charge is 2.44. The molecule has 1 aliphatic rings. The van der Waals surface area contributed by atoms with Crippen LogP contribution in [0.1, 0.15) is 49.9 Å². The van der Waals surface area contributed by atoms with Gasteiger partial charge in [0.25, 0.3) is 10.6 Å². The SMILES string of the molecule is CC(CCc1ccc(=O)n([C@@H]2c3cc(C#N)ccc3OC(C)(C)[C@H]2O)c1)O[N+](=O)[O-]. The van der Waals surface area contributed by atoms with E-state index in [0.29, 0.717) is 29.7 Å².